The molecule has 1 aromatic rings. The van der Waals surface area contributed by atoms with Crippen molar-refractivity contribution in [2.75, 3.05) is 31.1 Å². The molecule has 1 amide bonds. The van der Waals surface area contributed by atoms with Crippen LogP contribution in [0.15, 0.2) is 67.3 Å². The maximum Gasteiger partial charge on any atom is 0.259 e. The number of ether oxygens (including phenoxy) is 1. The molecule has 0 N–H and O–H groups in total. The van der Waals surface area contributed by atoms with E-state index in [1.54, 1.807) is 0 Å². The van der Waals surface area contributed by atoms with Gasteiger partial charge in [-0.15, -0.1) is 0 Å². The van der Waals surface area contributed by atoms with E-state index in [1.165, 1.54) is 5.57 Å². The number of nitrogens with zero attached hydrogens (tertiary/aromatic N) is 2. The van der Waals surface area contributed by atoms with Crippen molar-refractivity contribution in [3.8, 4) is 0 Å². The van der Waals surface area contributed by atoms with Gasteiger partial charge in [-0.05, 0) is 49.8 Å². The largest absolute Gasteiger partial charge is 0.357 e. The molecule has 0 aromatic heterocycles. The molecule has 0 bridgehead atoms. The van der Waals surface area contributed by atoms with Gasteiger partial charge in [0, 0.05) is 25.3 Å². The van der Waals surface area contributed by atoms with Crippen LogP contribution in [0.4, 0.5) is 5.69 Å². The fourth-order valence-electron chi connectivity index (χ4n) is 4.48. The summed E-state index contributed by atoms with van der Waals surface area (Å²) >= 11 is 0. The Labute approximate surface area is 168 Å². The molecular weight excluding hydrogens is 348 g/mol. The molecule has 4 heteroatoms. The summed E-state index contributed by atoms with van der Waals surface area (Å²) in [5.74, 6) is 0.150. The van der Waals surface area contributed by atoms with E-state index in [2.05, 4.69) is 18.1 Å². The van der Waals surface area contributed by atoms with Crippen molar-refractivity contribution < 1.29 is 9.53 Å². The number of benzene rings is 1. The maximum absolute atomic E-state index is 13.0. The minimum atomic E-state index is -0.557. The molecule has 1 aliphatic carbocycles. The second-order valence-electron chi connectivity index (χ2n) is 8.28. The Morgan fingerprint density at radius 3 is 2.43 bits per heavy atom. The predicted molar refractivity (Wildman–Crippen MR) is 113 cm³/mol. The fraction of sp³-hybridized carbons (Fsp3) is 0.458. The average molecular weight is 379 g/mol. The summed E-state index contributed by atoms with van der Waals surface area (Å²) in [7, 11) is 0. The lowest BCUT2D eigenvalue weighted by molar-refractivity contribution is -0.172. The van der Waals surface area contributed by atoms with Crippen molar-refractivity contribution in [3.05, 3.63) is 67.3 Å². The molecule has 0 unspecified atom stereocenters. The second kappa shape index (κ2) is 7.69. The predicted octanol–water partition coefficient (Wildman–Crippen LogP) is 4.11. The van der Waals surface area contributed by atoms with E-state index in [4.69, 9.17) is 4.74 Å². The molecule has 4 nitrogen and oxygen atoms in total. The van der Waals surface area contributed by atoms with Gasteiger partial charge >= 0.3 is 0 Å². The number of para-hydroxylation sites is 1. The monoisotopic (exact) mass is 378 g/mol. The molecule has 28 heavy (non-hydrogen) atoms. The Balaban J connectivity index is 1.43. The molecular formula is C24H30N2O2. The summed E-state index contributed by atoms with van der Waals surface area (Å²) < 4.78 is 6.55. The number of piperidine rings is 1. The number of allylic oxidation sites excluding steroid dienone is 3. The lowest BCUT2D eigenvalue weighted by Gasteiger charge is -2.50. The van der Waals surface area contributed by atoms with Crippen LogP contribution >= 0.6 is 0 Å². The number of amides is 1. The summed E-state index contributed by atoms with van der Waals surface area (Å²) in [6.45, 7) is 11.4. The summed E-state index contributed by atoms with van der Waals surface area (Å²) in [6, 6.07) is 10.1. The zero-order valence-electron chi connectivity index (χ0n) is 16.6. The van der Waals surface area contributed by atoms with Crippen LogP contribution in [-0.4, -0.2) is 48.2 Å². The van der Waals surface area contributed by atoms with Crippen LogP contribution in [-0.2, 0) is 9.53 Å². The van der Waals surface area contributed by atoms with Crippen molar-refractivity contribution in [1.29, 1.82) is 0 Å². The number of morpholine rings is 1. The van der Waals surface area contributed by atoms with Crippen LogP contribution in [0.25, 0.3) is 0 Å². The zero-order chi connectivity index (χ0) is 19.6. The molecule has 3 aliphatic rings. The Kier molecular flexibility index (Phi) is 5.26. The molecule has 2 heterocycles. The third kappa shape index (κ3) is 3.71. The minimum absolute atomic E-state index is 0.150. The van der Waals surface area contributed by atoms with Crippen LogP contribution in [0.3, 0.4) is 0 Å². The first-order valence-corrected chi connectivity index (χ1v) is 10.3. The Bertz CT molecular complexity index is 771. The van der Waals surface area contributed by atoms with Crippen LogP contribution in [0.2, 0.25) is 0 Å². The molecule has 2 saturated heterocycles. The Morgan fingerprint density at radius 1 is 1.11 bits per heavy atom. The summed E-state index contributed by atoms with van der Waals surface area (Å²) in [6.07, 6.45) is 10.4. The van der Waals surface area contributed by atoms with Crippen molar-refractivity contribution in [2.45, 2.75) is 43.3 Å². The van der Waals surface area contributed by atoms with Gasteiger partial charge in [0.2, 0.25) is 0 Å². The molecule has 2 aliphatic heterocycles. The first kappa shape index (κ1) is 19.2. The van der Waals surface area contributed by atoms with Gasteiger partial charge in [0.15, 0.2) is 0 Å². The molecule has 2 spiro atoms. The summed E-state index contributed by atoms with van der Waals surface area (Å²) in [4.78, 5) is 17.5. The highest BCUT2D eigenvalue weighted by Crippen LogP contribution is 2.50. The van der Waals surface area contributed by atoms with E-state index in [0.717, 1.165) is 57.4 Å². The van der Waals surface area contributed by atoms with Crippen molar-refractivity contribution >= 4 is 11.6 Å². The summed E-state index contributed by atoms with van der Waals surface area (Å²) in [5, 5.41) is 0. The first-order chi connectivity index (χ1) is 13.6. The smallest absolute Gasteiger partial charge is 0.259 e. The summed E-state index contributed by atoms with van der Waals surface area (Å²) in [5.41, 5.74) is 1.45. The highest BCUT2D eigenvalue weighted by molar-refractivity contribution is 6.02. The number of hydrogen-bond acceptors (Lipinski definition) is 3. The average Bonchev–Trinajstić information content (AvgIpc) is 3.50. The van der Waals surface area contributed by atoms with Gasteiger partial charge in [0.05, 0.1) is 12.1 Å². The highest BCUT2D eigenvalue weighted by atomic mass is 16.5. The Hall–Kier alpha value is -2.17. The SMILES string of the molecule is C=C/C=C(\C=C)CCN1CCC2(CC1)CN(c1ccccc1)C(=O)C1(CC1)O2. The van der Waals surface area contributed by atoms with Crippen LogP contribution < -0.4 is 4.90 Å². The number of hydrogen-bond donors (Lipinski definition) is 0. The fourth-order valence-corrected chi connectivity index (χ4v) is 4.48. The van der Waals surface area contributed by atoms with Crippen LogP contribution in [0.1, 0.15) is 32.1 Å². The lowest BCUT2D eigenvalue weighted by Crippen LogP contribution is -2.63. The quantitative estimate of drug-likeness (QED) is 0.699. The van der Waals surface area contributed by atoms with Crippen molar-refractivity contribution in [3.63, 3.8) is 0 Å². The van der Waals surface area contributed by atoms with E-state index in [1.807, 2.05) is 53.5 Å². The van der Waals surface area contributed by atoms with E-state index >= 15 is 0 Å². The molecule has 0 atom stereocenters. The highest BCUT2D eigenvalue weighted by Gasteiger charge is 2.62. The molecule has 0 radical (unpaired) electrons. The van der Waals surface area contributed by atoms with Gasteiger partial charge in [-0.2, -0.15) is 0 Å². The van der Waals surface area contributed by atoms with Crippen LogP contribution in [0.5, 0.6) is 0 Å². The van der Waals surface area contributed by atoms with Crippen LogP contribution in [0, 0.1) is 0 Å². The molecule has 1 saturated carbocycles. The molecule has 148 valence electrons. The normalized spacial score (nSPS) is 23.8. The van der Waals surface area contributed by atoms with E-state index in [9.17, 15) is 4.79 Å². The first-order valence-electron chi connectivity index (χ1n) is 10.3. The van der Waals surface area contributed by atoms with Gasteiger partial charge in [-0.3, -0.25) is 4.79 Å². The van der Waals surface area contributed by atoms with Gasteiger partial charge in [-0.25, -0.2) is 0 Å². The number of carbonyl (C=O) groups excluding carboxylic acids is 1. The van der Waals surface area contributed by atoms with E-state index in [-0.39, 0.29) is 11.5 Å². The van der Waals surface area contributed by atoms with Crippen molar-refractivity contribution in [1.82, 2.24) is 4.90 Å². The lowest BCUT2D eigenvalue weighted by atomic mass is 9.87. The number of anilines is 1. The minimum Gasteiger partial charge on any atom is -0.357 e. The van der Waals surface area contributed by atoms with Gasteiger partial charge in [-0.1, -0.05) is 49.6 Å². The third-order valence-corrected chi connectivity index (χ3v) is 6.34. The second-order valence-corrected chi connectivity index (χ2v) is 8.28. The number of likely N-dealkylation sites (tertiary alicyclic amines) is 1. The third-order valence-electron chi connectivity index (χ3n) is 6.34. The molecule has 1 aromatic carbocycles. The van der Waals surface area contributed by atoms with Gasteiger partial charge < -0.3 is 14.5 Å². The number of rotatable bonds is 6. The molecule has 4 rings (SSSR count). The van der Waals surface area contributed by atoms with Gasteiger partial charge in [0.25, 0.3) is 5.91 Å². The number of carbonyl (C=O) groups is 1. The maximum atomic E-state index is 13.0. The molecule has 3 fully saturated rings. The van der Waals surface area contributed by atoms with E-state index < -0.39 is 5.60 Å². The zero-order valence-corrected chi connectivity index (χ0v) is 16.6. The standard InChI is InChI=1S/C24H30N2O2/c1-3-8-20(4-2)11-16-25-17-14-23(15-18-25)19-26(21-9-6-5-7-10-21)22(27)24(28-23)12-13-24/h3-10H,1-2,11-19H2/b20-8+. The topological polar surface area (TPSA) is 32.8 Å². The van der Waals surface area contributed by atoms with Crippen molar-refractivity contribution in [2.24, 2.45) is 0 Å². The van der Waals surface area contributed by atoms with E-state index in [0.29, 0.717) is 6.54 Å². The van der Waals surface area contributed by atoms with Gasteiger partial charge in [0.1, 0.15) is 5.60 Å². The Morgan fingerprint density at radius 2 is 1.82 bits per heavy atom.